The first-order valence-corrected chi connectivity index (χ1v) is 9.60. The smallest absolute Gasteiger partial charge is 0.0338 e. The molecule has 1 aromatic rings. The Balaban J connectivity index is 1.77. The largest absolute Gasteiger partial charge is 0.311 e. The molecular weight excluding hydrogens is 332 g/mol. The number of hydrogen-bond acceptors (Lipinski definition) is 3. The highest BCUT2D eigenvalue weighted by atomic mass is 79.9. The minimum atomic E-state index is 0.431. The summed E-state index contributed by atoms with van der Waals surface area (Å²) < 4.78 is 1.23. The van der Waals surface area contributed by atoms with Gasteiger partial charge in [0.2, 0.25) is 0 Å². The molecule has 2 fully saturated rings. The summed E-state index contributed by atoms with van der Waals surface area (Å²) in [5.41, 5.74) is 0.431. The molecule has 1 spiro atoms. The molecule has 0 radical (unpaired) electrons. The van der Waals surface area contributed by atoms with Gasteiger partial charge < -0.3 is 5.32 Å². The minimum absolute atomic E-state index is 0.431. The van der Waals surface area contributed by atoms with Crippen molar-refractivity contribution in [1.82, 2.24) is 10.2 Å². The third kappa shape index (κ3) is 3.13. The SMILES string of the molecule is CCC1CN(Cc2cc(Br)cs2)C2(CCCCC2)CN1. The van der Waals surface area contributed by atoms with Crippen molar-refractivity contribution in [2.45, 2.75) is 63.6 Å². The average molecular weight is 357 g/mol. The van der Waals surface area contributed by atoms with E-state index in [2.05, 4.69) is 44.5 Å². The third-order valence-electron chi connectivity index (χ3n) is 5.08. The van der Waals surface area contributed by atoms with E-state index in [1.807, 2.05) is 11.3 Å². The van der Waals surface area contributed by atoms with Gasteiger partial charge in [-0.3, -0.25) is 4.90 Å². The standard InChI is InChI=1S/C16H25BrN2S/c1-2-14-9-19(10-15-8-13(17)11-20-15)16(12-18-14)6-4-3-5-7-16/h8,11,14,18H,2-7,9-10,12H2,1H3. The fourth-order valence-electron chi connectivity index (χ4n) is 3.80. The first-order chi connectivity index (χ1) is 9.72. The summed E-state index contributed by atoms with van der Waals surface area (Å²) in [4.78, 5) is 4.30. The Bertz CT molecular complexity index is 439. The minimum Gasteiger partial charge on any atom is -0.311 e. The van der Waals surface area contributed by atoms with Gasteiger partial charge >= 0.3 is 0 Å². The molecule has 1 aliphatic carbocycles. The van der Waals surface area contributed by atoms with Crippen molar-refractivity contribution >= 4 is 27.3 Å². The Hall–Kier alpha value is 0.1000. The number of hydrogen-bond donors (Lipinski definition) is 1. The molecule has 2 nitrogen and oxygen atoms in total. The fraction of sp³-hybridized carbons (Fsp3) is 0.750. The number of nitrogens with one attached hydrogen (secondary N) is 1. The van der Waals surface area contributed by atoms with Crippen LogP contribution in [0, 0.1) is 0 Å². The topological polar surface area (TPSA) is 15.3 Å². The Morgan fingerprint density at radius 1 is 1.40 bits per heavy atom. The second kappa shape index (κ2) is 6.47. The lowest BCUT2D eigenvalue weighted by molar-refractivity contribution is 0.00346. The van der Waals surface area contributed by atoms with E-state index in [1.165, 1.54) is 61.0 Å². The molecule has 112 valence electrons. The number of thiophene rings is 1. The Labute approximate surface area is 135 Å². The van der Waals surface area contributed by atoms with Crippen molar-refractivity contribution < 1.29 is 0 Å². The van der Waals surface area contributed by atoms with Crippen molar-refractivity contribution in [3.63, 3.8) is 0 Å². The highest BCUT2D eigenvalue weighted by Crippen LogP contribution is 2.37. The van der Waals surface area contributed by atoms with Crippen LogP contribution in [0.15, 0.2) is 15.9 Å². The van der Waals surface area contributed by atoms with Gasteiger partial charge in [-0.15, -0.1) is 11.3 Å². The van der Waals surface area contributed by atoms with Gasteiger partial charge in [0.05, 0.1) is 0 Å². The van der Waals surface area contributed by atoms with Crippen molar-refractivity contribution in [2.75, 3.05) is 13.1 Å². The average Bonchev–Trinajstić information content (AvgIpc) is 2.88. The van der Waals surface area contributed by atoms with Gasteiger partial charge in [0.15, 0.2) is 0 Å². The maximum absolute atomic E-state index is 3.80. The summed E-state index contributed by atoms with van der Waals surface area (Å²) in [5.74, 6) is 0. The predicted octanol–water partition coefficient (Wildman–Crippen LogP) is 4.40. The highest BCUT2D eigenvalue weighted by Gasteiger charge is 2.41. The zero-order chi connectivity index (χ0) is 14.0. The van der Waals surface area contributed by atoms with Crippen LogP contribution in [-0.2, 0) is 6.54 Å². The van der Waals surface area contributed by atoms with Crippen molar-refractivity contribution in [1.29, 1.82) is 0 Å². The third-order valence-corrected chi connectivity index (χ3v) is 6.76. The zero-order valence-corrected chi connectivity index (χ0v) is 14.7. The Morgan fingerprint density at radius 2 is 2.20 bits per heavy atom. The molecule has 1 saturated carbocycles. The van der Waals surface area contributed by atoms with Crippen LogP contribution in [0.2, 0.25) is 0 Å². The first kappa shape index (κ1) is 15.0. The summed E-state index contributed by atoms with van der Waals surface area (Å²) in [5, 5.41) is 6.01. The summed E-state index contributed by atoms with van der Waals surface area (Å²) in [6, 6.07) is 2.97. The summed E-state index contributed by atoms with van der Waals surface area (Å²) in [7, 11) is 0. The van der Waals surface area contributed by atoms with E-state index in [0.717, 1.165) is 6.54 Å². The van der Waals surface area contributed by atoms with Crippen LogP contribution in [0.1, 0.15) is 50.3 Å². The van der Waals surface area contributed by atoms with Crippen molar-refractivity contribution in [2.24, 2.45) is 0 Å². The van der Waals surface area contributed by atoms with Crippen molar-refractivity contribution in [3.8, 4) is 0 Å². The second-order valence-electron chi connectivity index (χ2n) is 6.38. The molecule has 4 heteroatoms. The highest BCUT2D eigenvalue weighted by molar-refractivity contribution is 9.10. The molecular formula is C16H25BrN2S. The van der Waals surface area contributed by atoms with Crippen LogP contribution in [0.5, 0.6) is 0 Å². The molecule has 0 aromatic carbocycles. The molecule has 1 atom stereocenters. The van der Waals surface area contributed by atoms with Crippen LogP contribution in [-0.4, -0.2) is 29.6 Å². The molecule has 1 unspecified atom stereocenters. The maximum atomic E-state index is 3.80. The van der Waals surface area contributed by atoms with Crippen LogP contribution in [0.4, 0.5) is 0 Å². The summed E-state index contributed by atoms with van der Waals surface area (Å²) in [6.45, 7) is 5.84. The molecule has 2 aliphatic rings. The van der Waals surface area contributed by atoms with E-state index in [0.29, 0.717) is 11.6 Å². The lowest BCUT2D eigenvalue weighted by atomic mass is 9.78. The van der Waals surface area contributed by atoms with E-state index < -0.39 is 0 Å². The quantitative estimate of drug-likeness (QED) is 0.863. The molecule has 2 heterocycles. The lowest BCUT2D eigenvalue weighted by Gasteiger charge is -2.52. The van der Waals surface area contributed by atoms with Crippen LogP contribution < -0.4 is 5.32 Å². The molecule has 0 amide bonds. The van der Waals surface area contributed by atoms with Gasteiger partial charge in [-0.1, -0.05) is 26.2 Å². The van der Waals surface area contributed by atoms with Gasteiger partial charge in [0, 0.05) is 45.9 Å². The fourth-order valence-corrected chi connectivity index (χ4v) is 5.27. The lowest BCUT2D eigenvalue weighted by Crippen LogP contribution is -2.64. The zero-order valence-electron chi connectivity index (χ0n) is 12.3. The van der Waals surface area contributed by atoms with E-state index in [9.17, 15) is 0 Å². The van der Waals surface area contributed by atoms with E-state index >= 15 is 0 Å². The molecule has 0 bridgehead atoms. The molecule has 20 heavy (non-hydrogen) atoms. The molecule has 1 N–H and O–H groups in total. The summed E-state index contributed by atoms with van der Waals surface area (Å²) >= 11 is 5.48. The van der Waals surface area contributed by atoms with E-state index in [4.69, 9.17) is 0 Å². The van der Waals surface area contributed by atoms with Crippen LogP contribution in [0.25, 0.3) is 0 Å². The Morgan fingerprint density at radius 3 is 2.85 bits per heavy atom. The van der Waals surface area contributed by atoms with Gasteiger partial charge in [-0.25, -0.2) is 0 Å². The second-order valence-corrected chi connectivity index (χ2v) is 8.29. The Kier molecular flexibility index (Phi) is 4.86. The number of rotatable bonds is 3. The van der Waals surface area contributed by atoms with Crippen molar-refractivity contribution in [3.05, 3.63) is 20.8 Å². The molecule has 1 aliphatic heterocycles. The van der Waals surface area contributed by atoms with Crippen LogP contribution >= 0.6 is 27.3 Å². The molecule has 1 saturated heterocycles. The number of nitrogens with zero attached hydrogens (tertiary/aromatic N) is 1. The number of piperazine rings is 1. The van der Waals surface area contributed by atoms with E-state index in [1.54, 1.807) is 0 Å². The first-order valence-electron chi connectivity index (χ1n) is 7.93. The van der Waals surface area contributed by atoms with Crippen LogP contribution in [0.3, 0.4) is 0 Å². The van der Waals surface area contributed by atoms with Gasteiger partial charge in [-0.05, 0) is 41.3 Å². The van der Waals surface area contributed by atoms with Gasteiger partial charge in [-0.2, -0.15) is 0 Å². The normalized spacial score (nSPS) is 27.0. The van der Waals surface area contributed by atoms with E-state index in [-0.39, 0.29) is 0 Å². The monoisotopic (exact) mass is 356 g/mol. The summed E-state index contributed by atoms with van der Waals surface area (Å²) in [6.07, 6.45) is 8.23. The molecule has 3 rings (SSSR count). The number of halogens is 1. The molecule has 1 aromatic heterocycles. The van der Waals surface area contributed by atoms with Gasteiger partial charge in [0.1, 0.15) is 0 Å². The maximum Gasteiger partial charge on any atom is 0.0338 e. The van der Waals surface area contributed by atoms with Gasteiger partial charge in [0.25, 0.3) is 0 Å². The predicted molar refractivity (Wildman–Crippen MR) is 90.3 cm³/mol.